The number of rotatable bonds is 1. The average molecular weight is 219 g/mol. The van der Waals surface area contributed by atoms with Crippen LogP contribution in [0.5, 0.6) is 0 Å². The van der Waals surface area contributed by atoms with Gasteiger partial charge in [-0.15, -0.1) is 0 Å². The van der Waals surface area contributed by atoms with Gasteiger partial charge in [0.05, 0.1) is 0 Å². The summed E-state index contributed by atoms with van der Waals surface area (Å²) in [7, 11) is -4.57. The van der Waals surface area contributed by atoms with Gasteiger partial charge in [0, 0.05) is 24.0 Å². The molecule has 0 bridgehead atoms. The fourth-order valence-corrected chi connectivity index (χ4v) is 0.445. The Morgan fingerprint density at radius 2 is 1.90 bits per heavy atom. The molecule has 0 aromatic carbocycles. The molecule has 0 saturated carbocycles. The summed E-state index contributed by atoms with van der Waals surface area (Å²) >= 11 is 0. The van der Waals surface area contributed by atoms with Crippen LogP contribution in [0.25, 0.3) is 0 Å². The maximum absolute atomic E-state index is 9.70. The fraction of sp³-hybridized carbons (Fsp3) is 0.500. The number of hydrogen-bond donors (Lipinski definition) is 1. The third-order valence-corrected chi connectivity index (χ3v) is 0.668. The predicted octanol–water partition coefficient (Wildman–Crippen LogP) is -3.53. The molecule has 0 fully saturated rings. The molecule has 0 heterocycles. The molecule has 0 spiro atoms. The van der Waals surface area contributed by atoms with Gasteiger partial charge >= 0.3 is 45.9 Å². The normalized spacial score (nSPS) is 8.60. The smallest absolute Gasteiger partial charge is 1.00 e. The van der Waals surface area contributed by atoms with Crippen LogP contribution in [0.4, 0.5) is 0 Å². The molecule has 0 atom stereocenters. The standard InChI is InChI=1S/C2H4O5S.Mn.Na.H/c1-2(3)7-8(4,5)6;;;/h1H3,(H,4,5,6);;;/q;;+1;-1. The minimum Gasteiger partial charge on any atom is -1.00 e. The van der Waals surface area contributed by atoms with E-state index >= 15 is 0 Å². The third kappa shape index (κ3) is 16.0. The van der Waals surface area contributed by atoms with Crippen molar-refractivity contribution in [2.24, 2.45) is 0 Å². The molecule has 8 heteroatoms. The first-order valence-electron chi connectivity index (χ1n) is 1.59. The SMILES string of the molecule is CC(=O)OS(=O)(=O)O.[H-].[Mn].[Na+]. The minimum absolute atomic E-state index is 0. The van der Waals surface area contributed by atoms with Gasteiger partial charge in [-0.1, -0.05) is 0 Å². The number of carbonyl (C=O) groups is 1. The van der Waals surface area contributed by atoms with Gasteiger partial charge in [0.1, 0.15) is 0 Å². The van der Waals surface area contributed by atoms with Crippen molar-refractivity contribution in [3.8, 4) is 0 Å². The van der Waals surface area contributed by atoms with Crippen molar-refractivity contribution in [2.75, 3.05) is 0 Å². The van der Waals surface area contributed by atoms with Crippen LogP contribution in [-0.2, 0) is 36.4 Å². The molecule has 1 N–H and O–H groups in total. The first kappa shape index (κ1) is 17.1. The van der Waals surface area contributed by atoms with Crippen LogP contribution in [0.3, 0.4) is 0 Å². The molecule has 0 aliphatic rings. The Bertz CT molecular complexity index is 191. The van der Waals surface area contributed by atoms with E-state index in [0.29, 0.717) is 0 Å². The van der Waals surface area contributed by atoms with Crippen molar-refractivity contribution in [3.63, 3.8) is 0 Å². The summed E-state index contributed by atoms with van der Waals surface area (Å²) in [6.45, 7) is 0.869. The van der Waals surface area contributed by atoms with Crippen LogP contribution in [0.15, 0.2) is 0 Å². The van der Waals surface area contributed by atoms with E-state index in [9.17, 15) is 13.2 Å². The maximum Gasteiger partial charge on any atom is 1.00 e. The van der Waals surface area contributed by atoms with Gasteiger partial charge in [0.2, 0.25) is 0 Å². The zero-order valence-electron chi connectivity index (χ0n) is 6.37. The van der Waals surface area contributed by atoms with Crippen molar-refractivity contribution in [1.82, 2.24) is 0 Å². The maximum atomic E-state index is 9.70. The molecule has 0 aromatic rings. The molecule has 1 radical (unpaired) electrons. The van der Waals surface area contributed by atoms with Gasteiger partial charge in [-0.05, 0) is 0 Å². The third-order valence-electron chi connectivity index (χ3n) is 0.223. The van der Waals surface area contributed by atoms with Crippen molar-refractivity contribution < 1.29 is 70.0 Å². The second-order valence-corrected chi connectivity index (χ2v) is 2.02. The van der Waals surface area contributed by atoms with Crippen molar-refractivity contribution >= 4 is 16.4 Å². The molecule has 0 aromatic heterocycles. The molecular formula is C2H5MnNaO5S. The van der Waals surface area contributed by atoms with E-state index in [1.54, 1.807) is 0 Å². The van der Waals surface area contributed by atoms with E-state index < -0.39 is 16.4 Å². The summed E-state index contributed by atoms with van der Waals surface area (Å²) in [6, 6.07) is 0. The van der Waals surface area contributed by atoms with E-state index in [1.165, 1.54) is 0 Å². The second kappa shape index (κ2) is 6.60. The number of hydrogen-bond acceptors (Lipinski definition) is 4. The summed E-state index contributed by atoms with van der Waals surface area (Å²) in [6.07, 6.45) is 0. The molecule has 0 amide bonds. The topological polar surface area (TPSA) is 80.7 Å². The first-order chi connectivity index (χ1) is 3.42. The number of carbonyl (C=O) groups excluding carboxylic acids is 1. The summed E-state index contributed by atoms with van der Waals surface area (Å²) < 4.78 is 30.2. The zero-order valence-corrected chi connectivity index (χ0v) is 9.36. The molecule has 0 aliphatic carbocycles. The van der Waals surface area contributed by atoms with Crippen LogP contribution in [0, 0.1) is 0 Å². The van der Waals surface area contributed by atoms with E-state index in [4.69, 9.17) is 4.55 Å². The van der Waals surface area contributed by atoms with Gasteiger partial charge < -0.3 is 5.61 Å². The Labute approximate surface area is 92.7 Å². The molecule has 10 heavy (non-hydrogen) atoms. The van der Waals surface area contributed by atoms with Gasteiger partial charge in [0.25, 0.3) is 0 Å². The molecule has 0 unspecified atom stereocenters. The second-order valence-electron chi connectivity index (χ2n) is 1.00. The van der Waals surface area contributed by atoms with Crippen molar-refractivity contribution in [2.45, 2.75) is 6.92 Å². The Kier molecular flexibility index (Phi) is 11.3. The largest absolute Gasteiger partial charge is 1.00 e. The first-order valence-corrected chi connectivity index (χ1v) is 2.96. The van der Waals surface area contributed by atoms with E-state index in [0.717, 1.165) is 6.92 Å². The van der Waals surface area contributed by atoms with Crippen LogP contribution in [0.2, 0.25) is 0 Å². The van der Waals surface area contributed by atoms with E-state index in [2.05, 4.69) is 4.18 Å². The van der Waals surface area contributed by atoms with Gasteiger partial charge in [-0.2, -0.15) is 8.42 Å². The van der Waals surface area contributed by atoms with Crippen LogP contribution in [0.1, 0.15) is 8.35 Å². The molecular weight excluding hydrogens is 214 g/mol. The molecule has 5 nitrogen and oxygen atoms in total. The van der Waals surface area contributed by atoms with Gasteiger partial charge in [-0.25, -0.2) is 0 Å². The summed E-state index contributed by atoms with van der Waals surface area (Å²) in [5.41, 5.74) is 0. The molecule has 0 rings (SSSR count). The monoisotopic (exact) mass is 219 g/mol. The van der Waals surface area contributed by atoms with Crippen LogP contribution in [-0.4, -0.2) is 18.9 Å². The van der Waals surface area contributed by atoms with Gasteiger partial charge in [0.15, 0.2) is 0 Å². The molecule has 0 aliphatic heterocycles. The Morgan fingerprint density at radius 3 is 1.90 bits per heavy atom. The summed E-state index contributed by atoms with van der Waals surface area (Å²) in [5, 5.41) is 0. The van der Waals surface area contributed by atoms with Crippen molar-refractivity contribution in [1.29, 1.82) is 0 Å². The Balaban J connectivity index is -0.0000000817. The van der Waals surface area contributed by atoms with Crippen LogP contribution >= 0.6 is 0 Å². The quantitative estimate of drug-likeness (QED) is 0.365. The Hall–Kier alpha value is 0.899. The van der Waals surface area contributed by atoms with E-state index in [1.807, 2.05) is 0 Å². The van der Waals surface area contributed by atoms with Crippen molar-refractivity contribution in [3.05, 3.63) is 0 Å². The minimum atomic E-state index is -4.57. The summed E-state index contributed by atoms with van der Waals surface area (Å²) in [5.74, 6) is -1.06. The molecule has 0 saturated heterocycles. The predicted molar refractivity (Wildman–Crippen MR) is 24.4 cm³/mol. The average Bonchev–Trinajstić information content (AvgIpc) is 1.21. The fourth-order valence-electron chi connectivity index (χ4n) is 0.148. The molecule has 57 valence electrons. The van der Waals surface area contributed by atoms with Gasteiger partial charge in [-0.3, -0.25) is 9.35 Å². The zero-order chi connectivity index (χ0) is 6.78. The Morgan fingerprint density at radius 1 is 1.60 bits per heavy atom. The van der Waals surface area contributed by atoms with E-state index in [-0.39, 0.29) is 48.1 Å². The summed E-state index contributed by atoms with van der Waals surface area (Å²) in [4.78, 5) is 9.70. The van der Waals surface area contributed by atoms with Crippen LogP contribution < -0.4 is 29.6 Å².